The van der Waals surface area contributed by atoms with Crippen LogP contribution in [-0.4, -0.2) is 30.9 Å². The molecule has 1 heterocycles. The number of nitrogens with zero attached hydrogens (tertiary/aromatic N) is 1. The number of rotatable bonds is 7. The van der Waals surface area contributed by atoms with E-state index >= 15 is 0 Å². The molecule has 1 aliphatic rings. The predicted molar refractivity (Wildman–Crippen MR) is 137 cm³/mol. The molecule has 180 valence electrons. The summed E-state index contributed by atoms with van der Waals surface area (Å²) in [5.41, 5.74) is 2.21. The minimum atomic E-state index is -0.657. The average molecular weight is 558 g/mol. The first-order valence-corrected chi connectivity index (χ1v) is 12.0. The number of carbonyl (C=O) groups is 3. The Morgan fingerprint density at radius 3 is 2.37 bits per heavy atom. The number of aryl methyl sites for hydroxylation is 1. The monoisotopic (exact) mass is 556 g/mol. The van der Waals surface area contributed by atoms with E-state index in [9.17, 15) is 14.4 Å². The van der Waals surface area contributed by atoms with Gasteiger partial charge in [-0.3, -0.25) is 14.4 Å². The molecule has 7 nitrogen and oxygen atoms in total. The predicted octanol–water partition coefficient (Wildman–Crippen LogP) is 5.74. The molecular formula is C26H22BrClN2O5. The lowest BCUT2D eigenvalue weighted by atomic mass is 10.1. The van der Waals surface area contributed by atoms with E-state index in [4.69, 9.17) is 21.1 Å². The molecule has 0 radical (unpaired) electrons. The molecule has 0 bridgehead atoms. The number of anilines is 2. The van der Waals surface area contributed by atoms with Crippen LogP contribution in [0.1, 0.15) is 12.0 Å². The van der Waals surface area contributed by atoms with Gasteiger partial charge in [-0.25, -0.2) is 0 Å². The molecule has 1 N–H and O–H groups in total. The minimum absolute atomic E-state index is 0.0145. The van der Waals surface area contributed by atoms with Crippen molar-refractivity contribution in [2.45, 2.75) is 13.3 Å². The number of halogens is 2. The van der Waals surface area contributed by atoms with E-state index in [0.717, 1.165) is 15.8 Å². The standard InChI is InChI=1S/C26H22BrClN2O5/c1-16-2-7-20(8-3-16)35-21-9-5-19(6-10-21)30-14-17(12-25(30)32)26(33)34-15-24(31)29-23-11-4-18(27)13-22(23)28/h2-11,13,17H,12,14-15H2,1H3,(H,29,31)/t17-/m0/s1. The van der Waals surface area contributed by atoms with Crippen molar-refractivity contribution in [3.05, 3.63) is 81.8 Å². The first-order valence-electron chi connectivity index (χ1n) is 10.8. The van der Waals surface area contributed by atoms with Crippen LogP contribution in [0.3, 0.4) is 0 Å². The minimum Gasteiger partial charge on any atom is -0.457 e. The molecule has 3 aromatic carbocycles. The second-order valence-electron chi connectivity index (χ2n) is 8.09. The maximum atomic E-state index is 12.5. The van der Waals surface area contributed by atoms with E-state index in [1.807, 2.05) is 31.2 Å². The normalized spacial score (nSPS) is 15.1. The summed E-state index contributed by atoms with van der Waals surface area (Å²) in [5.74, 6) is -0.614. The van der Waals surface area contributed by atoms with Crippen molar-refractivity contribution >= 4 is 56.7 Å². The third kappa shape index (κ3) is 6.41. The van der Waals surface area contributed by atoms with Crippen LogP contribution >= 0.6 is 27.5 Å². The fourth-order valence-electron chi connectivity index (χ4n) is 3.58. The number of ether oxygens (including phenoxy) is 2. The molecule has 0 unspecified atom stereocenters. The van der Waals surface area contributed by atoms with Gasteiger partial charge in [-0.15, -0.1) is 0 Å². The Balaban J connectivity index is 1.29. The maximum absolute atomic E-state index is 12.5. The lowest BCUT2D eigenvalue weighted by Crippen LogP contribution is -2.28. The summed E-state index contributed by atoms with van der Waals surface area (Å²) < 4.78 is 11.7. The van der Waals surface area contributed by atoms with Gasteiger partial charge in [0.1, 0.15) is 11.5 Å². The third-order valence-electron chi connectivity index (χ3n) is 5.41. The summed E-state index contributed by atoms with van der Waals surface area (Å²) in [7, 11) is 0. The smallest absolute Gasteiger partial charge is 0.311 e. The van der Waals surface area contributed by atoms with Crippen LogP contribution in [0, 0.1) is 12.8 Å². The number of hydrogen-bond donors (Lipinski definition) is 1. The summed E-state index contributed by atoms with van der Waals surface area (Å²) in [6, 6.07) is 19.8. The van der Waals surface area contributed by atoms with Gasteiger partial charge in [0.25, 0.3) is 5.91 Å². The molecular weight excluding hydrogens is 536 g/mol. The molecule has 35 heavy (non-hydrogen) atoms. The molecule has 9 heteroatoms. The van der Waals surface area contributed by atoms with Gasteiger partial charge in [-0.1, -0.05) is 45.2 Å². The number of esters is 1. The first-order chi connectivity index (χ1) is 16.8. The molecule has 1 aliphatic heterocycles. The number of benzene rings is 3. The Labute approximate surface area is 216 Å². The SMILES string of the molecule is Cc1ccc(Oc2ccc(N3C[C@@H](C(=O)OCC(=O)Nc4ccc(Br)cc4Cl)CC3=O)cc2)cc1. The molecule has 3 aromatic rings. The molecule has 4 rings (SSSR count). The van der Waals surface area contributed by atoms with Crippen molar-refractivity contribution in [1.82, 2.24) is 0 Å². The highest BCUT2D eigenvalue weighted by Crippen LogP contribution is 2.29. The highest BCUT2D eigenvalue weighted by atomic mass is 79.9. The Morgan fingerprint density at radius 2 is 1.71 bits per heavy atom. The van der Waals surface area contributed by atoms with Gasteiger partial charge in [0.15, 0.2) is 6.61 Å². The molecule has 1 fully saturated rings. The van der Waals surface area contributed by atoms with Crippen LogP contribution in [0.5, 0.6) is 11.5 Å². The topological polar surface area (TPSA) is 84.9 Å². The van der Waals surface area contributed by atoms with Crippen molar-refractivity contribution in [3.8, 4) is 11.5 Å². The van der Waals surface area contributed by atoms with E-state index in [-0.39, 0.29) is 18.9 Å². The second-order valence-corrected chi connectivity index (χ2v) is 9.42. The van der Waals surface area contributed by atoms with Crippen molar-refractivity contribution in [1.29, 1.82) is 0 Å². The number of hydrogen-bond acceptors (Lipinski definition) is 5. The summed E-state index contributed by atoms with van der Waals surface area (Å²) >= 11 is 9.37. The summed E-state index contributed by atoms with van der Waals surface area (Å²) in [6.45, 7) is 1.71. The molecule has 1 saturated heterocycles. The quantitative estimate of drug-likeness (QED) is 0.375. The first kappa shape index (κ1) is 24.8. The van der Waals surface area contributed by atoms with Crippen LogP contribution in [0.25, 0.3) is 0 Å². The fraction of sp³-hybridized carbons (Fsp3) is 0.192. The van der Waals surface area contributed by atoms with Crippen molar-refractivity contribution < 1.29 is 23.9 Å². The Bertz CT molecular complexity index is 1250. The summed E-state index contributed by atoms with van der Waals surface area (Å²) in [5, 5.41) is 2.95. The highest BCUT2D eigenvalue weighted by molar-refractivity contribution is 9.10. The van der Waals surface area contributed by atoms with E-state index in [1.165, 1.54) is 4.90 Å². The van der Waals surface area contributed by atoms with Gasteiger partial charge < -0.3 is 19.7 Å². The van der Waals surface area contributed by atoms with Crippen LogP contribution in [0.4, 0.5) is 11.4 Å². The summed E-state index contributed by atoms with van der Waals surface area (Å²) in [4.78, 5) is 38.7. The van der Waals surface area contributed by atoms with Crippen molar-refractivity contribution in [2.24, 2.45) is 5.92 Å². The third-order valence-corrected chi connectivity index (χ3v) is 6.22. The number of carbonyl (C=O) groups excluding carboxylic acids is 3. The van der Waals surface area contributed by atoms with Crippen molar-refractivity contribution in [2.75, 3.05) is 23.4 Å². The van der Waals surface area contributed by atoms with Gasteiger partial charge in [-0.05, 0) is 61.5 Å². The van der Waals surface area contributed by atoms with Gasteiger partial charge in [0, 0.05) is 23.1 Å². The molecule has 0 saturated carbocycles. The second kappa shape index (κ2) is 10.9. The highest BCUT2D eigenvalue weighted by Gasteiger charge is 2.36. The number of amides is 2. The largest absolute Gasteiger partial charge is 0.457 e. The molecule has 2 amide bonds. The molecule has 0 aromatic heterocycles. The zero-order valence-electron chi connectivity index (χ0n) is 18.8. The van der Waals surface area contributed by atoms with E-state index < -0.39 is 24.4 Å². The van der Waals surface area contributed by atoms with Gasteiger partial charge in [-0.2, -0.15) is 0 Å². The van der Waals surface area contributed by atoms with Gasteiger partial charge in [0.05, 0.1) is 16.6 Å². The molecule has 1 atom stereocenters. The van der Waals surface area contributed by atoms with Crippen molar-refractivity contribution in [3.63, 3.8) is 0 Å². The lowest BCUT2D eigenvalue weighted by Gasteiger charge is -2.17. The van der Waals surface area contributed by atoms with Crippen LogP contribution in [0.15, 0.2) is 71.2 Å². The van der Waals surface area contributed by atoms with E-state index in [1.54, 1.807) is 42.5 Å². The Hall–Kier alpha value is -3.36. The van der Waals surface area contributed by atoms with Gasteiger partial charge in [0.2, 0.25) is 5.91 Å². The molecule has 0 spiro atoms. The zero-order chi connectivity index (χ0) is 24.9. The van der Waals surface area contributed by atoms with Gasteiger partial charge >= 0.3 is 5.97 Å². The van der Waals surface area contributed by atoms with Crippen LogP contribution in [0.2, 0.25) is 5.02 Å². The lowest BCUT2D eigenvalue weighted by molar-refractivity contribution is -0.151. The maximum Gasteiger partial charge on any atom is 0.311 e. The van der Waals surface area contributed by atoms with Crippen LogP contribution < -0.4 is 15.0 Å². The summed E-state index contributed by atoms with van der Waals surface area (Å²) in [6.07, 6.45) is 0.0145. The number of nitrogens with one attached hydrogen (secondary N) is 1. The fourth-order valence-corrected chi connectivity index (χ4v) is 4.30. The van der Waals surface area contributed by atoms with E-state index in [0.29, 0.717) is 22.1 Å². The van der Waals surface area contributed by atoms with Crippen LogP contribution in [-0.2, 0) is 19.1 Å². The zero-order valence-corrected chi connectivity index (χ0v) is 21.1. The molecule has 0 aliphatic carbocycles. The Morgan fingerprint density at radius 1 is 1.06 bits per heavy atom. The average Bonchev–Trinajstić information content (AvgIpc) is 3.23. The Kier molecular flexibility index (Phi) is 7.73. The van der Waals surface area contributed by atoms with E-state index in [2.05, 4.69) is 21.2 Å².